The molecule has 3 aromatic rings. The second kappa shape index (κ2) is 9.92. The zero-order valence-corrected chi connectivity index (χ0v) is 17.3. The largest absolute Gasteiger partial charge is 0.419 e. The summed E-state index contributed by atoms with van der Waals surface area (Å²) in [7, 11) is 0. The molecule has 3 N–H and O–H groups in total. The number of rotatable bonds is 3. The number of halogens is 5. The number of hydrogen-bond acceptors (Lipinski definition) is 5. The van der Waals surface area contributed by atoms with Gasteiger partial charge in [-0.05, 0) is 43.3 Å². The Morgan fingerprint density at radius 2 is 1.75 bits per heavy atom. The van der Waals surface area contributed by atoms with E-state index in [0.29, 0.717) is 10.9 Å². The van der Waals surface area contributed by atoms with E-state index in [9.17, 15) is 13.6 Å². The van der Waals surface area contributed by atoms with Gasteiger partial charge in [0.25, 0.3) is 11.8 Å². The summed E-state index contributed by atoms with van der Waals surface area (Å²) in [6.07, 6.45) is 0. The average molecular weight is 494 g/mol. The third kappa shape index (κ3) is 5.71. The molecule has 0 saturated carbocycles. The van der Waals surface area contributed by atoms with Gasteiger partial charge in [-0.15, -0.1) is 10.2 Å². The maximum Gasteiger partial charge on any atom is 0.268 e. The number of nitrogen functional groups attached to an aromatic ring is 1. The maximum absolute atomic E-state index is 13.5. The van der Waals surface area contributed by atoms with Gasteiger partial charge in [-0.2, -0.15) is 0 Å². The van der Waals surface area contributed by atoms with Gasteiger partial charge in [-0.1, -0.05) is 39.1 Å². The average Bonchev–Trinajstić information content (AvgIpc) is 3.16. The SMILES string of the molecule is CC(Br)c1nnc(-c2cc(Cl)ccc2F)o1.NNC(=O)c1cc(Cl)ccc1F. The lowest BCUT2D eigenvalue weighted by Crippen LogP contribution is -2.30. The fourth-order valence-corrected chi connectivity index (χ4v) is 2.44. The molecule has 1 aromatic heterocycles. The van der Waals surface area contributed by atoms with Crippen LogP contribution in [0.25, 0.3) is 11.5 Å². The van der Waals surface area contributed by atoms with Crippen molar-refractivity contribution in [2.45, 2.75) is 11.8 Å². The molecule has 0 aliphatic rings. The Hall–Kier alpha value is -2.07. The fraction of sp³-hybridized carbons (Fsp3) is 0.118. The molecule has 2 aromatic carbocycles. The first kappa shape index (κ1) is 22.2. The maximum atomic E-state index is 13.5. The Morgan fingerprint density at radius 3 is 2.32 bits per heavy atom. The molecule has 0 fully saturated rings. The van der Waals surface area contributed by atoms with Crippen LogP contribution in [0.5, 0.6) is 0 Å². The third-order valence-corrected chi connectivity index (χ3v) is 4.11. The normalized spacial score (nSPS) is 11.4. The van der Waals surface area contributed by atoms with Crippen LogP contribution in [-0.2, 0) is 0 Å². The first-order chi connectivity index (χ1) is 13.2. The van der Waals surface area contributed by atoms with Gasteiger partial charge in [0.2, 0.25) is 5.89 Å². The van der Waals surface area contributed by atoms with Gasteiger partial charge < -0.3 is 4.42 Å². The van der Waals surface area contributed by atoms with E-state index in [0.717, 1.165) is 6.07 Å². The Bertz CT molecular complexity index is 986. The lowest BCUT2D eigenvalue weighted by molar-refractivity contribution is 0.0949. The summed E-state index contributed by atoms with van der Waals surface area (Å²) >= 11 is 14.6. The zero-order valence-electron chi connectivity index (χ0n) is 14.2. The van der Waals surface area contributed by atoms with Crippen molar-refractivity contribution in [3.05, 3.63) is 69.5 Å². The Morgan fingerprint density at radius 1 is 1.14 bits per heavy atom. The number of carbonyl (C=O) groups excluding carboxylic acids is 1. The van der Waals surface area contributed by atoms with Crippen LogP contribution in [0.3, 0.4) is 0 Å². The summed E-state index contributed by atoms with van der Waals surface area (Å²) in [4.78, 5) is 10.8. The molecule has 0 bridgehead atoms. The van der Waals surface area contributed by atoms with Crippen LogP contribution in [0.2, 0.25) is 10.0 Å². The highest BCUT2D eigenvalue weighted by Gasteiger charge is 2.15. The summed E-state index contributed by atoms with van der Waals surface area (Å²) in [6.45, 7) is 1.84. The van der Waals surface area contributed by atoms with E-state index in [1.54, 1.807) is 0 Å². The first-order valence-electron chi connectivity index (χ1n) is 7.61. The summed E-state index contributed by atoms with van der Waals surface area (Å²) in [5, 5.41) is 8.26. The smallest absolute Gasteiger partial charge is 0.268 e. The molecule has 3 rings (SSSR count). The van der Waals surface area contributed by atoms with E-state index in [2.05, 4.69) is 26.1 Å². The van der Waals surface area contributed by atoms with E-state index in [-0.39, 0.29) is 26.9 Å². The fourth-order valence-electron chi connectivity index (χ4n) is 1.91. The quantitative estimate of drug-likeness (QED) is 0.230. The van der Waals surface area contributed by atoms with Gasteiger partial charge >= 0.3 is 0 Å². The second-order valence-electron chi connectivity index (χ2n) is 5.28. The molecule has 0 aliphatic heterocycles. The molecule has 1 amide bonds. The standard InChI is InChI=1S/C10H7BrClFN2O.C7H6ClFN2O/c1-5(11)9-14-15-10(16-9)7-4-6(12)2-3-8(7)13;8-4-1-2-6(9)5(3-4)7(12)11-10/h2-5H,1H3;1-3H,10H2,(H,11,12). The number of nitrogens with zero attached hydrogens (tertiary/aromatic N) is 2. The highest BCUT2D eigenvalue weighted by molar-refractivity contribution is 9.09. The number of amides is 1. The van der Waals surface area contributed by atoms with Crippen molar-refractivity contribution in [2.75, 3.05) is 0 Å². The molecule has 11 heteroatoms. The summed E-state index contributed by atoms with van der Waals surface area (Å²) in [5.74, 6) is 3.55. The number of hydrogen-bond donors (Lipinski definition) is 2. The molecule has 28 heavy (non-hydrogen) atoms. The van der Waals surface area contributed by atoms with Crippen molar-refractivity contribution >= 4 is 45.0 Å². The van der Waals surface area contributed by atoms with Crippen molar-refractivity contribution in [3.8, 4) is 11.5 Å². The van der Waals surface area contributed by atoms with Crippen LogP contribution < -0.4 is 11.3 Å². The van der Waals surface area contributed by atoms with Crippen LogP contribution in [0, 0.1) is 11.6 Å². The van der Waals surface area contributed by atoms with Crippen molar-refractivity contribution in [1.29, 1.82) is 0 Å². The van der Waals surface area contributed by atoms with E-state index in [1.165, 1.54) is 30.3 Å². The van der Waals surface area contributed by atoms with Crippen molar-refractivity contribution in [1.82, 2.24) is 15.6 Å². The molecule has 0 aliphatic carbocycles. The number of alkyl halides is 1. The third-order valence-electron chi connectivity index (χ3n) is 3.24. The second-order valence-corrected chi connectivity index (χ2v) is 7.53. The van der Waals surface area contributed by atoms with E-state index < -0.39 is 17.5 Å². The van der Waals surface area contributed by atoms with Crippen molar-refractivity contribution < 1.29 is 18.0 Å². The van der Waals surface area contributed by atoms with Crippen LogP contribution in [0.1, 0.15) is 28.0 Å². The minimum Gasteiger partial charge on any atom is -0.419 e. The minimum atomic E-state index is -0.699. The van der Waals surface area contributed by atoms with Gasteiger partial charge in [0.15, 0.2) is 0 Å². The first-order valence-corrected chi connectivity index (χ1v) is 9.29. The number of hydrazine groups is 1. The lowest BCUT2D eigenvalue weighted by atomic mass is 10.2. The van der Waals surface area contributed by atoms with Crippen LogP contribution in [0.15, 0.2) is 40.8 Å². The Labute approximate surface area is 177 Å². The number of aromatic nitrogens is 2. The van der Waals surface area contributed by atoms with E-state index in [1.807, 2.05) is 12.3 Å². The summed E-state index contributed by atoms with van der Waals surface area (Å²) in [6, 6.07) is 7.84. The lowest BCUT2D eigenvalue weighted by Gasteiger charge is -2.00. The molecule has 0 saturated heterocycles. The highest BCUT2D eigenvalue weighted by atomic mass is 79.9. The molecule has 1 heterocycles. The van der Waals surface area contributed by atoms with Gasteiger partial charge in [0.05, 0.1) is 16.0 Å². The topological polar surface area (TPSA) is 94.0 Å². The summed E-state index contributed by atoms with van der Waals surface area (Å²) in [5.41, 5.74) is 1.86. The van der Waals surface area contributed by atoms with Gasteiger partial charge in [-0.25, -0.2) is 14.6 Å². The zero-order chi connectivity index (χ0) is 20.8. The predicted molar refractivity (Wildman–Crippen MR) is 105 cm³/mol. The van der Waals surface area contributed by atoms with Crippen molar-refractivity contribution in [2.24, 2.45) is 5.84 Å². The van der Waals surface area contributed by atoms with Crippen LogP contribution in [-0.4, -0.2) is 16.1 Å². The minimum absolute atomic E-state index is 0.0732. The van der Waals surface area contributed by atoms with Gasteiger partial charge in [0.1, 0.15) is 11.6 Å². The molecular formula is C17H13BrCl2F2N4O2. The predicted octanol–water partition coefficient (Wildman–Crippen LogP) is 5.07. The molecule has 0 spiro atoms. The van der Waals surface area contributed by atoms with E-state index >= 15 is 0 Å². The molecular weight excluding hydrogens is 481 g/mol. The molecule has 6 nitrogen and oxygen atoms in total. The van der Waals surface area contributed by atoms with Crippen LogP contribution >= 0.6 is 39.1 Å². The number of nitrogens with one attached hydrogen (secondary N) is 1. The number of nitrogens with two attached hydrogens (primary N) is 1. The molecule has 1 unspecified atom stereocenters. The summed E-state index contributed by atoms with van der Waals surface area (Å²) < 4.78 is 31.6. The van der Waals surface area contributed by atoms with Gasteiger partial charge in [-0.3, -0.25) is 10.2 Å². The molecule has 1 atom stereocenters. The Balaban J connectivity index is 0.000000209. The highest BCUT2D eigenvalue weighted by Crippen LogP contribution is 2.28. The number of benzene rings is 2. The molecule has 0 radical (unpaired) electrons. The molecule has 148 valence electrons. The van der Waals surface area contributed by atoms with Crippen LogP contribution in [0.4, 0.5) is 8.78 Å². The number of carbonyl (C=O) groups is 1. The monoisotopic (exact) mass is 492 g/mol. The van der Waals surface area contributed by atoms with Crippen molar-refractivity contribution in [3.63, 3.8) is 0 Å². The van der Waals surface area contributed by atoms with Gasteiger partial charge in [0, 0.05) is 10.0 Å². The van der Waals surface area contributed by atoms with E-state index in [4.69, 9.17) is 33.5 Å². The Kier molecular flexibility index (Phi) is 7.88.